The van der Waals surface area contributed by atoms with Gasteiger partial charge in [0.2, 0.25) is 0 Å². The fourth-order valence-electron chi connectivity index (χ4n) is 1.75. The molecule has 118 valence electrons. The molecule has 0 aliphatic rings. The number of halogens is 7. The fourth-order valence-corrected chi connectivity index (χ4v) is 2.67. The molecule has 9 heteroatoms. The van der Waals surface area contributed by atoms with Gasteiger partial charge in [-0.15, -0.1) is 13.2 Å². The molecule has 1 aromatic heterocycles. The molecule has 0 N–H and O–H groups in total. The quantitative estimate of drug-likeness (QED) is 0.476. The predicted molar refractivity (Wildman–Crippen MR) is 74.1 cm³/mol. The molecule has 1 heterocycles. The standard InChI is InChI=1S/C13H6F6INO/c14-12(15,16)11-10(20)8(5-6-21-11)7-3-1-2-4-9(7)22-13(17,18)19/h1-6H. The lowest BCUT2D eigenvalue weighted by molar-refractivity contribution is -0.274. The summed E-state index contributed by atoms with van der Waals surface area (Å²) in [5, 5.41) is 0. The molecule has 2 rings (SSSR count). The molecule has 0 saturated heterocycles. The highest BCUT2D eigenvalue weighted by Gasteiger charge is 2.37. The van der Waals surface area contributed by atoms with Crippen LogP contribution >= 0.6 is 22.6 Å². The normalized spacial score (nSPS) is 12.3. The summed E-state index contributed by atoms with van der Waals surface area (Å²) in [6.07, 6.45) is -8.75. The Morgan fingerprint density at radius 2 is 1.55 bits per heavy atom. The van der Waals surface area contributed by atoms with Crippen LogP contribution in [0.3, 0.4) is 0 Å². The Bertz CT molecular complexity index is 683. The maximum Gasteiger partial charge on any atom is 0.573 e. The summed E-state index contributed by atoms with van der Waals surface area (Å²) in [6, 6.07) is 6.19. The summed E-state index contributed by atoms with van der Waals surface area (Å²) in [7, 11) is 0. The van der Waals surface area contributed by atoms with Gasteiger partial charge in [-0.05, 0) is 34.7 Å². The second-order valence-electron chi connectivity index (χ2n) is 4.06. The van der Waals surface area contributed by atoms with Gasteiger partial charge in [-0.1, -0.05) is 18.2 Å². The molecule has 0 radical (unpaired) electrons. The van der Waals surface area contributed by atoms with E-state index in [2.05, 4.69) is 9.72 Å². The first-order chi connectivity index (χ1) is 10.1. The number of alkyl halides is 6. The average Bonchev–Trinajstić information content (AvgIpc) is 2.37. The van der Waals surface area contributed by atoms with Crippen molar-refractivity contribution in [2.24, 2.45) is 0 Å². The molecule has 0 bridgehead atoms. The lowest BCUT2D eigenvalue weighted by atomic mass is 10.0. The van der Waals surface area contributed by atoms with Gasteiger partial charge in [-0.25, -0.2) is 0 Å². The Morgan fingerprint density at radius 1 is 0.909 bits per heavy atom. The number of pyridine rings is 1. The fraction of sp³-hybridized carbons (Fsp3) is 0.154. The summed E-state index contributed by atoms with van der Waals surface area (Å²) in [4.78, 5) is 3.24. The van der Waals surface area contributed by atoms with Gasteiger partial charge in [0.25, 0.3) is 0 Å². The third-order valence-corrected chi connectivity index (χ3v) is 3.65. The summed E-state index contributed by atoms with van der Waals surface area (Å²) in [5.74, 6) is -0.577. The van der Waals surface area contributed by atoms with Crippen LogP contribution < -0.4 is 4.74 Å². The van der Waals surface area contributed by atoms with Gasteiger partial charge in [-0.3, -0.25) is 4.98 Å². The van der Waals surface area contributed by atoms with Crippen molar-refractivity contribution in [3.63, 3.8) is 0 Å². The second kappa shape index (κ2) is 5.94. The van der Waals surface area contributed by atoms with Gasteiger partial charge >= 0.3 is 12.5 Å². The molecule has 0 amide bonds. The average molecular weight is 433 g/mol. The first kappa shape index (κ1) is 16.8. The van der Waals surface area contributed by atoms with Gasteiger partial charge < -0.3 is 4.74 Å². The maximum absolute atomic E-state index is 12.8. The molecular weight excluding hydrogens is 427 g/mol. The van der Waals surface area contributed by atoms with Crippen molar-refractivity contribution in [1.29, 1.82) is 0 Å². The van der Waals surface area contributed by atoms with Crippen LogP contribution in [0.1, 0.15) is 5.69 Å². The summed E-state index contributed by atoms with van der Waals surface area (Å²) < 4.78 is 79.2. The van der Waals surface area contributed by atoms with E-state index in [0.717, 1.165) is 12.3 Å². The highest BCUT2D eigenvalue weighted by Crippen LogP contribution is 2.39. The van der Waals surface area contributed by atoms with Crippen molar-refractivity contribution < 1.29 is 31.1 Å². The first-order valence-corrected chi connectivity index (χ1v) is 6.74. The minimum atomic E-state index is -4.94. The van der Waals surface area contributed by atoms with E-state index in [-0.39, 0.29) is 14.7 Å². The molecule has 0 unspecified atom stereocenters. The number of nitrogens with zero attached hydrogens (tertiary/aromatic N) is 1. The van der Waals surface area contributed by atoms with E-state index in [0.29, 0.717) is 0 Å². The lowest BCUT2D eigenvalue weighted by Crippen LogP contribution is -2.18. The van der Waals surface area contributed by atoms with Gasteiger partial charge in [-0.2, -0.15) is 13.2 Å². The van der Waals surface area contributed by atoms with Crippen LogP contribution in [0.5, 0.6) is 5.75 Å². The van der Waals surface area contributed by atoms with Crippen LogP contribution in [0.25, 0.3) is 11.1 Å². The first-order valence-electron chi connectivity index (χ1n) is 5.66. The van der Waals surface area contributed by atoms with Crippen molar-refractivity contribution in [2.75, 3.05) is 0 Å². The van der Waals surface area contributed by atoms with E-state index in [1.807, 2.05) is 0 Å². The van der Waals surface area contributed by atoms with Crippen LogP contribution in [0.2, 0.25) is 0 Å². The number of para-hydroxylation sites is 1. The summed E-state index contributed by atoms with van der Waals surface area (Å²) in [6.45, 7) is 0. The third-order valence-electron chi connectivity index (χ3n) is 2.56. The monoisotopic (exact) mass is 433 g/mol. The molecular formula is C13H6F6INO. The smallest absolute Gasteiger partial charge is 0.405 e. The molecule has 0 saturated carbocycles. The zero-order valence-corrected chi connectivity index (χ0v) is 12.6. The molecule has 0 aliphatic heterocycles. The Kier molecular flexibility index (Phi) is 4.54. The molecule has 2 aromatic rings. The minimum Gasteiger partial charge on any atom is -0.405 e. The van der Waals surface area contributed by atoms with Crippen molar-refractivity contribution in [3.05, 3.63) is 45.8 Å². The van der Waals surface area contributed by atoms with Gasteiger partial charge in [0.05, 0.1) is 3.57 Å². The molecule has 2 nitrogen and oxygen atoms in total. The Balaban J connectivity index is 2.59. The van der Waals surface area contributed by atoms with E-state index in [9.17, 15) is 26.3 Å². The van der Waals surface area contributed by atoms with E-state index in [4.69, 9.17) is 0 Å². The maximum atomic E-state index is 12.8. The molecule has 0 spiro atoms. The van der Waals surface area contributed by atoms with E-state index < -0.39 is 24.0 Å². The predicted octanol–water partition coefficient (Wildman–Crippen LogP) is 5.27. The highest BCUT2D eigenvalue weighted by atomic mass is 127. The molecule has 0 atom stereocenters. The zero-order valence-electron chi connectivity index (χ0n) is 10.5. The molecule has 0 fully saturated rings. The van der Waals surface area contributed by atoms with Gasteiger partial charge in [0, 0.05) is 17.3 Å². The van der Waals surface area contributed by atoms with Crippen LogP contribution in [0, 0.1) is 3.57 Å². The van der Waals surface area contributed by atoms with E-state index >= 15 is 0 Å². The molecule has 1 aromatic carbocycles. The van der Waals surface area contributed by atoms with Crippen LogP contribution in [0.15, 0.2) is 36.5 Å². The van der Waals surface area contributed by atoms with Crippen LogP contribution in [-0.4, -0.2) is 11.3 Å². The number of benzene rings is 1. The third kappa shape index (κ3) is 3.81. The summed E-state index contributed by atoms with van der Waals surface area (Å²) in [5.41, 5.74) is -1.30. The number of aromatic nitrogens is 1. The Labute approximate surface area is 134 Å². The topological polar surface area (TPSA) is 22.1 Å². The second-order valence-corrected chi connectivity index (χ2v) is 5.14. The van der Waals surface area contributed by atoms with Crippen LogP contribution in [-0.2, 0) is 6.18 Å². The zero-order chi connectivity index (χ0) is 16.5. The Hall–Kier alpha value is -1.52. The van der Waals surface area contributed by atoms with E-state index in [1.54, 1.807) is 0 Å². The van der Waals surface area contributed by atoms with Crippen molar-refractivity contribution in [1.82, 2.24) is 4.98 Å². The minimum absolute atomic E-state index is 0.0391. The van der Waals surface area contributed by atoms with Gasteiger partial charge in [0.1, 0.15) is 5.75 Å². The van der Waals surface area contributed by atoms with Crippen molar-refractivity contribution in [2.45, 2.75) is 12.5 Å². The van der Waals surface area contributed by atoms with Crippen molar-refractivity contribution >= 4 is 22.6 Å². The molecule has 22 heavy (non-hydrogen) atoms. The molecule has 0 aliphatic carbocycles. The summed E-state index contributed by atoms with van der Waals surface area (Å²) >= 11 is 1.40. The number of hydrogen-bond acceptors (Lipinski definition) is 2. The largest absolute Gasteiger partial charge is 0.573 e. The number of hydrogen-bond donors (Lipinski definition) is 0. The highest BCUT2D eigenvalue weighted by molar-refractivity contribution is 14.1. The number of rotatable bonds is 2. The van der Waals surface area contributed by atoms with Gasteiger partial charge in [0.15, 0.2) is 5.69 Å². The lowest BCUT2D eigenvalue weighted by Gasteiger charge is -2.16. The SMILES string of the molecule is FC(F)(F)Oc1ccccc1-c1ccnc(C(F)(F)F)c1I. The van der Waals surface area contributed by atoms with Crippen LogP contribution in [0.4, 0.5) is 26.3 Å². The van der Waals surface area contributed by atoms with Crippen molar-refractivity contribution in [3.8, 4) is 16.9 Å². The Morgan fingerprint density at radius 3 is 2.14 bits per heavy atom. The van der Waals surface area contributed by atoms with E-state index in [1.165, 1.54) is 46.9 Å². The number of ether oxygens (including phenoxy) is 1.